The van der Waals surface area contributed by atoms with Crippen LogP contribution in [0, 0.1) is 0 Å². The number of carbonyl (C=O) groups is 1. The van der Waals surface area contributed by atoms with Crippen molar-refractivity contribution in [3.05, 3.63) is 50.8 Å². The summed E-state index contributed by atoms with van der Waals surface area (Å²) in [6.07, 6.45) is -0.256. The lowest BCUT2D eigenvalue weighted by molar-refractivity contribution is -0.157. The number of nitrogens with zero attached hydrogens (tertiary/aromatic N) is 2. The van der Waals surface area contributed by atoms with Crippen molar-refractivity contribution in [3.8, 4) is 22.9 Å². The average Bonchev–Trinajstić information content (AvgIpc) is 3.38. The average molecular weight is 438 g/mol. The molecule has 0 fully saturated rings. The van der Waals surface area contributed by atoms with Crippen LogP contribution in [0.4, 0.5) is 0 Å². The maximum absolute atomic E-state index is 13.0. The molecule has 9 heteroatoms. The van der Waals surface area contributed by atoms with Crippen molar-refractivity contribution in [2.45, 2.75) is 46.1 Å². The van der Waals surface area contributed by atoms with Gasteiger partial charge in [-0.3, -0.25) is 4.79 Å². The highest BCUT2D eigenvalue weighted by atomic mass is 16.7. The number of benzene rings is 1. The van der Waals surface area contributed by atoms with Gasteiger partial charge < -0.3 is 29.0 Å². The van der Waals surface area contributed by atoms with Crippen LogP contribution in [-0.2, 0) is 29.3 Å². The maximum atomic E-state index is 13.0. The Balaban J connectivity index is 0.000000684. The number of hydrogen-bond acceptors (Lipinski definition) is 8. The monoisotopic (exact) mass is 438 g/mol. The van der Waals surface area contributed by atoms with E-state index in [-0.39, 0.29) is 43.2 Å². The molecule has 1 aromatic carbocycles. The molecule has 166 valence electrons. The van der Waals surface area contributed by atoms with Gasteiger partial charge >= 0.3 is 5.97 Å². The fourth-order valence-electron chi connectivity index (χ4n) is 4.28. The molecule has 32 heavy (non-hydrogen) atoms. The van der Waals surface area contributed by atoms with Gasteiger partial charge in [0.05, 0.1) is 35.6 Å². The predicted octanol–water partition coefficient (Wildman–Crippen LogP) is 2.15. The number of aliphatic hydroxyl groups excluding tert-OH is 2. The van der Waals surface area contributed by atoms with E-state index in [0.717, 1.165) is 10.9 Å². The van der Waals surface area contributed by atoms with Gasteiger partial charge in [-0.25, -0.2) is 9.78 Å². The van der Waals surface area contributed by atoms with Crippen molar-refractivity contribution in [3.63, 3.8) is 0 Å². The molecule has 1 unspecified atom stereocenters. The Morgan fingerprint density at radius 1 is 1.09 bits per heavy atom. The number of esters is 1. The number of carbonyl (C=O) groups excluding carboxylic acids is 1. The van der Waals surface area contributed by atoms with Crippen molar-refractivity contribution in [2.75, 3.05) is 6.79 Å². The second kappa shape index (κ2) is 7.61. The molecule has 1 atom stereocenters. The molecule has 0 spiro atoms. The Bertz CT molecular complexity index is 1330. The van der Waals surface area contributed by atoms with E-state index >= 15 is 0 Å². The number of aliphatic hydroxyl groups is 2. The van der Waals surface area contributed by atoms with E-state index in [2.05, 4.69) is 13.8 Å². The minimum atomic E-state index is -1.51. The third kappa shape index (κ3) is 2.89. The summed E-state index contributed by atoms with van der Waals surface area (Å²) in [6.45, 7) is 4.18. The minimum Gasteiger partial charge on any atom is -0.458 e. The topological polar surface area (TPSA) is 120 Å². The normalized spacial score (nSPS) is 17.2. The summed E-state index contributed by atoms with van der Waals surface area (Å²) in [7, 11) is 0. The first-order valence-electron chi connectivity index (χ1n) is 10.5. The van der Waals surface area contributed by atoms with Crippen LogP contribution in [0.5, 0.6) is 11.5 Å². The molecular weight excluding hydrogens is 416 g/mol. The summed E-state index contributed by atoms with van der Waals surface area (Å²) >= 11 is 0. The summed E-state index contributed by atoms with van der Waals surface area (Å²) in [5.74, 6) is 0.360. The van der Waals surface area contributed by atoms with Gasteiger partial charge in [0.2, 0.25) is 6.79 Å². The SMILES string of the molecule is CCC.O=C1OCc2c(cc3n(c2=O)Cc2c-3nc3cc4c(cc3c2CO)OCO4)C1O. The highest BCUT2D eigenvalue weighted by molar-refractivity contribution is 5.91. The zero-order chi connectivity index (χ0) is 22.6. The van der Waals surface area contributed by atoms with Gasteiger partial charge in [0.1, 0.15) is 6.61 Å². The molecular formula is C23H22N2O7. The molecule has 6 rings (SSSR count). The van der Waals surface area contributed by atoms with Crippen LogP contribution in [-0.4, -0.2) is 32.5 Å². The maximum Gasteiger partial charge on any atom is 0.340 e. The van der Waals surface area contributed by atoms with E-state index in [1.807, 2.05) is 0 Å². The molecule has 9 nitrogen and oxygen atoms in total. The first-order valence-corrected chi connectivity index (χ1v) is 10.5. The molecule has 2 aromatic heterocycles. The van der Waals surface area contributed by atoms with Crippen molar-refractivity contribution in [2.24, 2.45) is 0 Å². The number of fused-ring (bicyclic) bond motifs is 6. The van der Waals surface area contributed by atoms with Gasteiger partial charge in [0.25, 0.3) is 5.56 Å². The zero-order valence-electron chi connectivity index (χ0n) is 17.7. The van der Waals surface area contributed by atoms with Crippen LogP contribution in [0.1, 0.15) is 48.6 Å². The molecule has 2 N–H and O–H groups in total. The summed E-state index contributed by atoms with van der Waals surface area (Å²) in [5.41, 5.74) is 3.14. The number of aromatic nitrogens is 2. The van der Waals surface area contributed by atoms with Crippen LogP contribution in [0.25, 0.3) is 22.3 Å². The van der Waals surface area contributed by atoms with Crippen molar-refractivity contribution in [1.82, 2.24) is 9.55 Å². The molecule has 0 bridgehead atoms. The minimum absolute atomic E-state index is 0.123. The molecule has 0 amide bonds. The van der Waals surface area contributed by atoms with E-state index in [4.69, 9.17) is 19.2 Å². The van der Waals surface area contributed by atoms with Gasteiger partial charge in [-0.1, -0.05) is 20.3 Å². The largest absolute Gasteiger partial charge is 0.458 e. The van der Waals surface area contributed by atoms with Crippen LogP contribution in [0.3, 0.4) is 0 Å². The molecule has 0 radical (unpaired) electrons. The van der Waals surface area contributed by atoms with Crippen LogP contribution < -0.4 is 15.0 Å². The predicted molar refractivity (Wildman–Crippen MR) is 113 cm³/mol. The van der Waals surface area contributed by atoms with Gasteiger partial charge in [0.15, 0.2) is 17.6 Å². The smallest absolute Gasteiger partial charge is 0.340 e. The Hall–Kier alpha value is -3.43. The lowest BCUT2D eigenvalue weighted by Crippen LogP contribution is -2.32. The second-order valence-corrected chi connectivity index (χ2v) is 7.87. The highest BCUT2D eigenvalue weighted by Gasteiger charge is 2.34. The summed E-state index contributed by atoms with van der Waals surface area (Å²) in [6, 6.07) is 5.13. The van der Waals surface area contributed by atoms with E-state index in [1.54, 1.807) is 18.2 Å². The number of ether oxygens (including phenoxy) is 3. The number of hydrogen-bond donors (Lipinski definition) is 2. The Kier molecular flexibility index (Phi) is 4.87. The van der Waals surface area contributed by atoms with Gasteiger partial charge in [-0.05, 0) is 17.7 Å². The highest BCUT2D eigenvalue weighted by Crippen LogP contribution is 2.42. The van der Waals surface area contributed by atoms with Gasteiger partial charge in [-0.2, -0.15) is 0 Å². The Morgan fingerprint density at radius 3 is 2.53 bits per heavy atom. The molecule has 3 aliphatic rings. The molecule has 3 aromatic rings. The third-order valence-corrected chi connectivity index (χ3v) is 5.73. The standard InChI is InChI=1S/C20H14N2O7.C3H8/c23-5-11-8-2-15-16(29-7-28-15)3-13(8)21-17-10(11)4-22-14(17)1-9-12(19(22)25)6-27-20(26)18(9)24;1-3-2/h1-3,18,23-24H,4-7H2;3H2,1-2H3. The first-order chi connectivity index (χ1) is 15.5. The number of pyridine rings is 2. The van der Waals surface area contributed by atoms with Crippen LogP contribution in [0.2, 0.25) is 0 Å². The molecule has 3 aliphatic heterocycles. The van der Waals surface area contributed by atoms with Gasteiger partial charge in [-0.15, -0.1) is 0 Å². The van der Waals surface area contributed by atoms with Crippen molar-refractivity contribution >= 4 is 16.9 Å². The van der Waals surface area contributed by atoms with E-state index < -0.39 is 12.1 Å². The summed E-state index contributed by atoms with van der Waals surface area (Å²) in [5, 5.41) is 21.0. The van der Waals surface area contributed by atoms with E-state index in [1.165, 1.54) is 11.0 Å². The van der Waals surface area contributed by atoms with Crippen molar-refractivity contribution < 1.29 is 29.2 Å². The molecule has 0 saturated carbocycles. The zero-order valence-corrected chi connectivity index (χ0v) is 17.7. The first kappa shape index (κ1) is 20.5. The Labute approximate surface area is 182 Å². The molecule has 0 aliphatic carbocycles. The lowest BCUT2D eigenvalue weighted by Gasteiger charge is -2.21. The van der Waals surface area contributed by atoms with Gasteiger partial charge in [0, 0.05) is 22.6 Å². The quantitative estimate of drug-likeness (QED) is 0.434. The lowest BCUT2D eigenvalue weighted by atomic mass is 9.98. The summed E-state index contributed by atoms with van der Waals surface area (Å²) in [4.78, 5) is 29.5. The fourth-order valence-corrected chi connectivity index (χ4v) is 4.28. The number of rotatable bonds is 1. The van der Waals surface area contributed by atoms with E-state index in [0.29, 0.717) is 34.0 Å². The van der Waals surface area contributed by atoms with Crippen LogP contribution in [0.15, 0.2) is 23.0 Å². The Morgan fingerprint density at radius 2 is 1.81 bits per heavy atom. The van der Waals surface area contributed by atoms with E-state index in [9.17, 15) is 19.8 Å². The summed E-state index contributed by atoms with van der Waals surface area (Å²) < 4.78 is 17.3. The van der Waals surface area contributed by atoms with Crippen LogP contribution >= 0.6 is 0 Å². The van der Waals surface area contributed by atoms with Crippen molar-refractivity contribution in [1.29, 1.82) is 0 Å². The molecule has 5 heterocycles. The fraction of sp³-hybridized carbons (Fsp3) is 0.348. The second-order valence-electron chi connectivity index (χ2n) is 7.87. The number of cyclic esters (lactones) is 1. The molecule has 0 saturated heterocycles. The third-order valence-electron chi connectivity index (χ3n) is 5.73.